The third-order valence-corrected chi connectivity index (χ3v) is 1.25. The molecule has 0 aromatic rings. The second-order valence-corrected chi connectivity index (χ2v) is 5.51. The summed E-state index contributed by atoms with van der Waals surface area (Å²) in [6.45, 7) is 0. The van der Waals surface area contributed by atoms with Crippen molar-refractivity contribution in [2.45, 2.75) is 1.93 Å². The zero-order valence-electron chi connectivity index (χ0n) is 3.69. The van der Waals surface area contributed by atoms with Crippen LogP contribution in [0.15, 0.2) is 0 Å². The molecule has 1 radical (unpaired) electrons. The van der Waals surface area contributed by atoms with Crippen molar-refractivity contribution < 1.29 is 9.90 Å². The van der Waals surface area contributed by atoms with E-state index < -0.39 is 5.97 Å². The van der Waals surface area contributed by atoms with Crippen LogP contribution in [0.4, 0.5) is 0 Å². The van der Waals surface area contributed by atoms with Crippen LogP contribution >= 0.6 is 45.2 Å². The Morgan fingerprint density at radius 3 is 1.71 bits per heavy atom. The zero-order valence-corrected chi connectivity index (χ0v) is 10.0. The summed E-state index contributed by atoms with van der Waals surface area (Å²) in [6.07, 6.45) is 0. The topological polar surface area (TPSA) is 37.3 Å². The molecule has 0 amide bonds. The number of alkyl halides is 2. The van der Waals surface area contributed by atoms with Crippen molar-refractivity contribution in [1.82, 2.24) is 0 Å². The van der Waals surface area contributed by atoms with Gasteiger partial charge in [0.05, 0.1) is 0 Å². The first-order valence-electron chi connectivity index (χ1n) is 1.15. The second kappa shape index (κ2) is 6.06. The predicted molar refractivity (Wildman–Crippen MR) is 45.2 cm³/mol. The number of carboxylic acids is 1. The maximum Gasteiger partial charge on any atom is 0.326 e. The van der Waals surface area contributed by atoms with E-state index in [0.29, 0.717) is 0 Å². The molecule has 0 unspecified atom stereocenters. The molecule has 0 fully saturated rings. The van der Waals surface area contributed by atoms with Gasteiger partial charge in [-0.3, -0.25) is 4.79 Å². The van der Waals surface area contributed by atoms with Gasteiger partial charge in [0, 0.05) is 29.6 Å². The van der Waals surface area contributed by atoms with Crippen LogP contribution in [0.5, 0.6) is 0 Å². The number of carbonyl (C=O) groups is 1. The summed E-state index contributed by atoms with van der Waals surface area (Å²) in [5.41, 5.74) is 0. The van der Waals surface area contributed by atoms with Gasteiger partial charge in [0.1, 0.15) is 0 Å². The van der Waals surface area contributed by atoms with Gasteiger partial charge in [-0.1, -0.05) is 45.2 Å². The van der Waals surface area contributed by atoms with E-state index in [9.17, 15) is 4.79 Å². The van der Waals surface area contributed by atoms with Crippen LogP contribution in [0.3, 0.4) is 0 Å². The molecule has 0 aliphatic rings. The van der Waals surface area contributed by atoms with E-state index in [1.54, 1.807) is 0 Å². The summed E-state index contributed by atoms with van der Waals surface area (Å²) in [6, 6.07) is 0. The van der Waals surface area contributed by atoms with E-state index in [0.717, 1.165) is 0 Å². The molecule has 0 aliphatic carbocycles. The third-order valence-electron chi connectivity index (χ3n) is 0.187. The molecular formula is C2H2I2NaO2. The van der Waals surface area contributed by atoms with Crippen molar-refractivity contribution in [2.24, 2.45) is 0 Å². The predicted octanol–water partition coefficient (Wildman–Crippen LogP) is 0.886. The van der Waals surface area contributed by atoms with Crippen molar-refractivity contribution in [3.8, 4) is 0 Å². The van der Waals surface area contributed by atoms with Crippen LogP contribution < -0.4 is 0 Å². The Bertz CT molecular complexity index is 64.7. The SMILES string of the molecule is O=C(O)C(I)I.[Na]. The maximum atomic E-state index is 9.68. The average Bonchev–Trinajstić information content (AvgIpc) is 1.36. The number of carboxylic acid groups (broad SMARTS) is 1. The van der Waals surface area contributed by atoms with Gasteiger partial charge in [-0.2, -0.15) is 0 Å². The van der Waals surface area contributed by atoms with Crippen molar-refractivity contribution in [3.63, 3.8) is 0 Å². The Kier molecular flexibility index (Phi) is 10.1. The smallest absolute Gasteiger partial charge is 0.326 e. The molecule has 7 heavy (non-hydrogen) atoms. The van der Waals surface area contributed by atoms with Gasteiger partial charge in [0.25, 0.3) is 0 Å². The Labute approximate surface area is 91.0 Å². The molecule has 0 rings (SSSR count). The fraction of sp³-hybridized carbons (Fsp3) is 0.500. The Hall–Kier alpha value is 1.93. The fourth-order valence-corrected chi connectivity index (χ4v) is 0. The fourth-order valence-electron chi connectivity index (χ4n) is 0. The van der Waals surface area contributed by atoms with E-state index in [1.165, 1.54) is 0 Å². The van der Waals surface area contributed by atoms with E-state index in [1.807, 2.05) is 45.2 Å². The summed E-state index contributed by atoms with van der Waals surface area (Å²) in [7, 11) is 0. The van der Waals surface area contributed by atoms with Gasteiger partial charge in [-0.15, -0.1) is 0 Å². The van der Waals surface area contributed by atoms with E-state index in [-0.39, 0.29) is 31.5 Å². The molecule has 0 atom stereocenters. The van der Waals surface area contributed by atoms with E-state index in [4.69, 9.17) is 5.11 Å². The molecule has 37 valence electrons. The first kappa shape index (κ1) is 11.7. The van der Waals surface area contributed by atoms with Crippen molar-refractivity contribution in [2.75, 3.05) is 0 Å². The monoisotopic (exact) mass is 335 g/mol. The van der Waals surface area contributed by atoms with Crippen LogP contribution in [0, 0.1) is 0 Å². The van der Waals surface area contributed by atoms with Crippen LogP contribution in [0.2, 0.25) is 0 Å². The van der Waals surface area contributed by atoms with Gasteiger partial charge in [0.15, 0.2) is 1.93 Å². The van der Waals surface area contributed by atoms with Crippen LogP contribution in [0.25, 0.3) is 0 Å². The van der Waals surface area contributed by atoms with Crippen LogP contribution in [-0.2, 0) is 4.79 Å². The molecule has 0 aliphatic heterocycles. The summed E-state index contributed by atoms with van der Waals surface area (Å²) >= 11 is 3.64. The van der Waals surface area contributed by atoms with Gasteiger partial charge in [-0.05, 0) is 0 Å². The standard InChI is InChI=1S/C2H2I2O2.Na/c3-1(4)2(5)6;/h1H,(H,5,6);. The zero-order chi connectivity index (χ0) is 5.15. The molecular weight excluding hydrogens is 333 g/mol. The molecule has 2 nitrogen and oxygen atoms in total. The van der Waals surface area contributed by atoms with Crippen LogP contribution in [-0.4, -0.2) is 42.6 Å². The molecule has 5 heteroatoms. The first-order chi connectivity index (χ1) is 2.64. The molecule has 0 heterocycles. The molecule has 0 aromatic heterocycles. The van der Waals surface area contributed by atoms with Gasteiger partial charge in [-0.25, -0.2) is 0 Å². The quantitative estimate of drug-likeness (QED) is 0.439. The minimum atomic E-state index is -0.767. The van der Waals surface area contributed by atoms with E-state index >= 15 is 0 Å². The molecule has 0 spiro atoms. The molecule has 0 saturated carbocycles. The van der Waals surface area contributed by atoms with Gasteiger partial charge in [0.2, 0.25) is 0 Å². The number of rotatable bonds is 1. The van der Waals surface area contributed by atoms with Crippen molar-refractivity contribution >= 4 is 80.7 Å². The summed E-state index contributed by atoms with van der Waals surface area (Å²) in [5.74, 6) is -0.767. The average molecular weight is 335 g/mol. The molecule has 0 saturated heterocycles. The summed E-state index contributed by atoms with van der Waals surface area (Å²) in [5, 5.41) is 7.98. The molecule has 0 aromatic carbocycles. The first-order valence-corrected chi connectivity index (χ1v) is 3.64. The number of aliphatic carboxylic acids is 1. The van der Waals surface area contributed by atoms with Gasteiger partial charge < -0.3 is 5.11 Å². The van der Waals surface area contributed by atoms with Crippen molar-refractivity contribution in [3.05, 3.63) is 0 Å². The minimum absolute atomic E-state index is 0. The Morgan fingerprint density at radius 2 is 1.71 bits per heavy atom. The Morgan fingerprint density at radius 1 is 1.57 bits per heavy atom. The largest absolute Gasteiger partial charge is 0.480 e. The third kappa shape index (κ3) is 7.93. The summed E-state index contributed by atoms with van der Waals surface area (Å²) < 4.78 is -0.291. The number of halogens is 2. The minimum Gasteiger partial charge on any atom is -0.480 e. The summed E-state index contributed by atoms with van der Waals surface area (Å²) in [4.78, 5) is 9.68. The molecule has 1 N–H and O–H groups in total. The maximum absolute atomic E-state index is 9.68. The van der Waals surface area contributed by atoms with Gasteiger partial charge >= 0.3 is 5.97 Å². The van der Waals surface area contributed by atoms with Crippen LogP contribution in [0.1, 0.15) is 0 Å². The number of hydrogen-bond donors (Lipinski definition) is 1. The normalized spacial score (nSPS) is 7.86. The van der Waals surface area contributed by atoms with Crippen molar-refractivity contribution in [1.29, 1.82) is 0 Å². The molecule has 0 bridgehead atoms. The second-order valence-electron chi connectivity index (χ2n) is 0.639. The van der Waals surface area contributed by atoms with E-state index in [2.05, 4.69) is 0 Å². The Balaban J connectivity index is 0. The number of hydrogen-bond acceptors (Lipinski definition) is 1.